The number of benzene rings is 1. The maximum atomic E-state index is 11.9. The van der Waals surface area contributed by atoms with Gasteiger partial charge in [-0.1, -0.05) is 30.3 Å². The molecule has 1 rings (SSSR count). The van der Waals surface area contributed by atoms with Crippen molar-refractivity contribution in [1.29, 1.82) is 0 Å². The fourth-order valence-corrected chi connectivity index (χ4v) is 2.27. The molecule has 25 heavy (non-hydrogen) atoms. The second kappa shape index (κ2) is 10.2. The van der Waals surface area contributed by atoms with Gasteiger partial charge in [-0.05, 0) is 25.8 Å². The van der Waals surface area contributed by atoms with Crippen molar-refractivity contribution in [2.75, 3.05) is 0 Å². The van der Waals surface area contributed by atoms with E-state index in [-0.39, 0.29) is 43.4 Å². The molecule has 0 radical (unpaired) electrons. The number of hydrogen-bond donors (Lipinski definition) is 3. The molecule has 0 spiro atoms. The Morgan fingerprint density at radius 2 is 1.52 bits per heavy atom. The lowest BCUT2D eigenvalue weighted by Crippen LogP contribution is -2.44. The Bertz CT molecular complexity index is 616. The lowest BCUT2D eigenvalue weighted by Gasteiger charge is -2.16. The van der Waals surface area contributed by atoms with Gasteiger partial charge in [0, 0.05) is 19.3 Å². The number of primary amides is 1. The molecule has 3 amide bonds. The summed E-state index contributed by atoms with van der Waals surface area (Å²) in [5.41, 5.74) is 6.18. The highest BCUT2D eigenvalue weighted by Gasteiger charge is 2.19. The minimum Gasteiger partial charge on any atom is -0.368 e. The van der Waals surface area contributed by atoms with Crippen LogP contribution in [0.1, 0.15) is 51.1 Å². The predicted octanol–water partition coefficient (Wildman–Crippen LogP) is 0.983. The van der Waals surface area contributed by atoms with Gasteiger partial charge in [-0.2, -0.15) is 0 Å². The number of carbonyl (C=O) groups excluding carboxylic acids is 4. The smallest absolute Gasteiger partial charge is 0.240 e. The second-order valence-corrected chi connectivity index (χ2v) is 5.96. The van der Waals surface area contributed by atoms with E-state index in [0.29, 0.717) is 0 Å². The normalized spacial score (nSPS) is 12.7. The SMILES string of the molecule is CC(=O)CC[C@H](NC(=O)CCC(=O)N[C@H](C)c1ccccc1)C(N)=O. The average molecular weight is 347 g/mol. The van der Waals surface area contributed by atoms with Crippen LogP contribution in [-0.4, -0.2) is 29.5 Å². The summed E-state index contributed by atoms with van der Waals surface area (Å²) in [4.78, 5) is 46.1. The van der Waals surface area contributed by atoms with Crippen LogP contribution in [0.5, 0.6) is 0 Å². The standard InChI is InChI=1S/C18H25N3O4/c1-12(22)8-9-15(18(19)25)21-17(24)11-10-16(23)20-13(2)14-6-4-3-5-7-14/h3-7,13,15H,8-11H2,1-2H3,(H2,19,25)(H,20,23)(H,21,24)/t13-,15+/m1/s1. The van der Waals surface area contributed by atoms with Crippen LogP contribution < -0.4 is 16.4 Å². The van der Waals surface area contributed by atoms with E-state index in [0.717, 1.165) is 5.56 Å². The highest BCUT2D eigenvalue weighted by molar-refractivity contribution is 5.89. The van der Waals surface area contributed by atoms with E-state index < -0.39 is 17.9 Å². The topological polar surface area (TPSA) is 118 Å². The molecular weight excluding hydrogens is 322 g/mol. The molecule has 0 aliphatic carbocycles. The zero-order chi connectivity index (χ0) is 18.8. The highest BCUT2D eigenvalue weighted by Crippen LogP contribution is 2.11. The van der Waals surface area contributed by atoms with Gasteiger partial charge in [0.15, 0.2) is 0 Å². The third-order valence-electron chi connectivity index (χ3n) is 3.72. The van der Waals surface area contributed by atoms with Crippen LogP contribution in [-0.2, 0) is 19.2 Å². The molecule has 1 aromatic carbocycles. The number of amides is 3. The molecule has 7 heteroatoms. The minimum atomic E-state index is -0.900. The van der Waals surface area contributed by atoms with Crippen molar-refractivity contribution in [3.8, 4) is 0 Å². The van der Waals surface area contributed by atoms with Gasteiger partial charge in [0.1, 0.15) is 11.8 Å². The maximum Gasteiger partial charge on any atom is 0.240 e. The van der Waals surface area contributed by atoms with E-state index in [1.807, 2.05) is 37.3 Å². The Balaban J connectivity index is 2.40. The Labute approximate surface area is 147 Å². The zero-order valence-corrected chi connectivity index (χ0v) is 14.6. The first-order valence-electron chi connectivity index (χ1n) is 8.22. The Kier molecular flexibility index (Phi) is 8.32. The van der Waals surface area contributed by atoms with E-state index >= 15 is 0 Å². The van der Waals surface area contributed by atoms with Crippen molar-refractivity contribution < 1.29 is 19.2 Å². The molecule has 0 aliphatic heterocycles. The maximum absolute atomic E-state index is 11.9. The van der Waals surface area contributed by atoms with Crippen molar-refractivity contribution in [1.82, 2.24) is 10.6 Å². The Hall–Kier alpha value is -2.70. The van der Waals surface area contributed by atoms with Gasteiger partial charge >= 0.3 is 0 Å². The van der Waals surface area contributed by atoms with Crippen molar-refractivity contribution in [3.63, 3.8) is 0 Å². The molecule has 0 aromatic heterocycles. The molecule has 0 saturated carbocycles. The first-order chi connectivity index (χ1) is 11.8. The lowest BCUT2D eigenvalue weighted by molar-refractivity contribution is -0.129. The average Bonchev–Trinajstić information content (AvgIpc) is 2.57. The van der Waals surface area contributed by atoms with Gasteiger partial charge in [-0.3, -0.25) is 14.4 Å². The summed E-state index contributed by atoms with van der Waals surface area (Å²) < 4.78 is 0. The summed E-state index contributed by atoms with van der Waals surface area (Å²) in [7, 11) is 0. The molecule has 0 fully saturated rings. The van der Waals surface area contributed by atoms with Gasteiger partial charge in [-0.25, -0.2) is 0 Å². The molecule has 0 unspecified atom stereocenters. The zero-order valence-electron chi connectivity index (χ0n) is 14.6. The number of nitrogens with one attached hydrogen (secondary N) is 2. The molecule has 4 N–H and O–H groups in total. The number of carbonyl (C=O) groups is 4. The number of hydrogen-bond acceptors (Lipinski definition) is 4. The van der Waals surface area contributed by atoms with Crippen LogP contribution in [0.2, 0.25) is 0 Å². The van der Waals surface area contributed by atoms with E-state index in [1.54, 1.807) is 0 Å². The number of ketones is 1. The van der Waals surface area contributed by atoms with E-state index in [2.05, 4.69) is 10.6 Å². The van der Waals surface area contributed by atoms with Gasteiger partial charge in [0.05, 0.1) is 6.04 Å². The van der Waals surface area contributed by atoms with Gasteiger partial charge < -0.3 is 21.2 Å². The Morgan fingerprint density at radius 1 is 0.960 bits per heavy atom. The number of nitrogens with two attached hydrogens (primary N) is 1. The summed E-state index contributed by atoms with van der Waals surface area (Å²) >= 11 is 0. The van der Waals surface area contributed by atoms with Crippen molar-refractivity contribution in [2.45, 2.75) is 51.6 Å². The molecule has 0 heterocycles. The summed E-state index contributed by atoms with van der Waals surface area (Å²) in [5.74, 6) is -1.49. The van der Waals surface area contributed by atoms with E-state index in [9.17, 15) is 19.2 Å². The van der Waals surface area contributed by atoms with Crippen LogP contribution >= 0.6 is 0 Å². The predicted molar refractivity (Wildman–Crippen MR) is 93.3 cm³/mol. The van der Waals surface area contributed by atoms with Gasteiger partial charge in [0.25, 0.3) is 0 Å². The molecule has 0 aliphatic rings. The summed E-state index contributed by atoms with van der Waals surface area (Å²) in [6.45, 7) is 3.26. The van der Waals surface area contributed by atoms with Crippen LogP contribution in [0.15, 0.2) is 30.3 Å². The summed E-state index contributed by atoms with van der Waals surface area (Å²) in [5, 5.41) is 5.28. The second-order valence-electron chi connectivity index (χ2n) is 5.96. The molecule has 0 bridgehead atoms. The van der Waals surface area contributed by atoms with Crippen LogP contribution in [0, 0.1) is 0 Å². The van der Waals surface area contributed by atoms with Crippen LogP contribution in [0.4, 0.5) is 0 Å². The minimum absolute atomic E-state index is 0.00119. The van der Waals surface area contributed by atoms with E-state index in [4.69, 9.17) is 5.73 Å². The first kappa shape index (κ1) is 20.3. The van der Waals surface area contributed by atoms with Crippen molar-refractivity contribution in [3.05, 3.63) is 35.9 Å². The van der Waals surface area contributed by atoms with Crippen LogP contribution in [0.3, 0.4) is 0 Å². The molecule has 0 saturated heterocycles. The van der Waals surface area contributed by atoms with Crippen LogP contribution in [0.25, 0.3) is 0 Å². The van der Waals surface area contributed by atoms with Gasteiger partial charge in [0.2, 0.25) is 17.7 Å². The fourth-order valence-electron chi connectivity index (χ4n) is 2.27. The molecule has 2 atom stereocenters. The van der Waals surface area contributed by atoms with Crippen molar-refractivity contribution in [2.24, 2.45) is 5.73 Å². The lowest BCUT2D eigenvalue weighted by atomic mass is 10.1. The quantitative estimate of drug-likeness (QED) is 0.584. The molecule has 1 aromatic rings. The molecule has 7 nitrogen and oxygen atoms in total. The molecular formula is C18H25N3O4. The number of Topliss-reactive ketones (excluding diaryl/α,β-unsaturated/α-hetero) is 1. The van der Waals surface area contributed by atoms with Gasteiger partial charge in [-0.15, -0.1) is 0 Å². The highest BCUT2D eigenvalue weighted by atomic mass is 16.2. The third kappa shape index (κ3) is 8.10. The molecule has 136 valence electrons. The van der Waals surface area contributed by atoms with Crippen molar-refractivity contribution >= 4 is 23.5 Å². The monoisotopic (exact) mass is 347 g/mol. The third-order valence-corrected chi connectivity index (χ3v) is 3.72. The number of rotatable bonds is 10. The Morgan fingerprint density at radius 3 is 2.04 bits per heavy atom. The fraction of sp³-hybridized carbons (Fsp3) is 0.444. The summed E-state index contributed by atoms with van der Waals surface area (Å²) in [6, 6.07) is 8.42. The summed E-state index contributed by atoms with van der Waals surface area (Å²) in [6.07, 6.45) is 0.259. The first-order valence-corrected chi connectivity index (χ1v) is 8.22. The van der Waals surface area contributed by atoms with E-state index in [1.165, 1.54) is 6.92 Å². The largest absolute Gasteiger partial charge is 0.368 e.